The molecular weight excluding hydrogens is 317 g/mol. The number of nitrogens with one attached hydrogen (secondary N) is 1. The molecule has 1 saturated carbocycles. The summed E-state index contributed by atoms with van der Waals surface area (Å²) in [6.45, 7) is 0.579. The van der Waals surface area contributed by atoms with Gasteiger partial charge in [0, 0.05) is 10.5 Å². The van der Waals surface area contributed by atoms with E-state index < -0.39 is 0 Å². The number of carbonyl (C=O) groups excluding carboxylic acids is 1. The molecule has 0 saturated heterocycles. The molecule has 0 spiro atoms. The van der Waals surface area contributed by atoms with E-state index in [0.717, 1.165) is 17.7 Å². The summed E-state index contributed by atoms with van der Waals surface area (Å²) in [6, 6.07) is 7.75. The number of benzene rings is 1. The van der Waals surface area contributed by atoms with Gasteiger partial charge in [0.2, 0.25) is 5.91 Å². The van der Waals surface area contributed by atoms with Gasteiger partial charge in [-0.2, -0.15) is 0 Å². The number of rotatable bonds is 4. The Bertz CT molecular complexity index is 394. The lowest BCUT2D eigenvalue weighted by Crippen LogP contribution is -2.25. The summed E-state index contributed by atoms with van der Waals surface area (Å²) in [5, 5.41) is 2.94. The van der Waals surface area contributed by atoms with E-state index in [9.17, 15) is 4.79 Å². The molecule has 4 heteroatoms. The first kappa shape index (κ1) is 11.7. The van der Waals surface area contributed by atoms with Gasteiger partial charge in [0.05, 0.1) is 13.0 Å². The molecule has 1 N–H and O–H groups in total. The number of amides is 1. The number of ether oxygens (including phenoxy) is 1. The zero-order chi connectivity index (χ0) is 11.5. The fourth-order valence-corrected chi connectivity index (χ4v) is 2.41. The highest BCUT2D eigenvalue weighted by atomic mass is 127. The number of methoxy groups -OCH3 is 1. The molecule has 0 aliphatic heterocycles. The molecule has 86 valence electrons. The van der Waals surface area contributed by atoms with Crippen molar-refractivity contribution < 1.29 is 9.53 Å². The molecule has 16 heavy (non-hydrogen) atoms. The summed E-state index contributed by atoms with van der Waals surface area (Å²) in [4.78, 5) is 11.6. The van der Waals surface area contributed by atoms with Crippen LogP contribution in [-0.4, -0.2) is 16.9 Å². The molecular formula is C12H14INO2. The van der Waals surface area contributed by atoms with E-state index in [4.69, 9.17) is 4.74 Å². The van der Waals surface area contributed by atoms with Crippen molar-refractivity contribution in [2.75, 3.05) is 7.11 Å². The average molecular weight is 331 g/mol. The lowest BCUT2D eigenvalue weighted by atomic mass is 10.2. The van der Waals surface area contributed by atoms with Gasteiger partial charge in [-0.15, -0.1) is 0 Å². The Kier molecular flexibility index (Phi) is 3.68. The molecule has 1 aliphatic rings. The molecule has 1 amide bonds. The van der Waals surface area contributed by atoms with Gasteiger partial charge < -0.3 is 10.1 Å². The van der Waals surface area contributed by atoms with Gasteiger partial charge >= 0.3 is 0 Å². The number of hydrogen-bond acceptors (Lipinski definition) is 2. The average Bonchev–Trinajstić information content (AvgIpc) is 3.04. The Morgan fingerprint density at radius 2 is 2.38 bits per heavy atom. The highest BCUT2D eigenvalue weighted by Crippen LogP contribution is 2.38. The van der Waals surface area contributed by atoms with Crippen LogP contribution in [0.25, 0.3) is 0 Å². The van der Waals surface area contributed by atoms with E-state index in [2.05, 4.69) is 27.9 Å². The van der Waals surface area contributed by atoms with E-state index >= 15 is 0 Å². The van der Waals surface area contributed by atoms with Crippen LogP contribution in [0.2, 0.25) is 0 Å². The normalized spacial score (nSPS) is 22.6. The van der Waals surface area contributed by atoms with E-state index in [1.807, 2.05) is 24.3 Å². The van der Waals surface area contributed by atoms with Crippen LogP contribution >= 0.6 is 22.6 Å². The van der Waals surface area contributed by atoms with Crippen LogP contribution in [0.15, 0.2) is 24.3 Å². The minimum atomic E-state index is 0.169. The summed E-state index contributed by atoms with van der Waals surface area (Å²) in [5.41, 5.74) is 1.07. The van der Waals surface area contributed by atoms with Gasteiger partial charge in [0.25, 0.3) is 0 Å². The second kappa shape index (κ2) is 5.03. The first-order chi connectivity index (χ1) is 7.70. The quantitative estimate of drug-likeness (QED) is 0.678. The van der Waals surface area contributed by atoms with Crippen LogP contribution < -0.4 is 10.1 Å². The lowest BCUT2D eigenvalue weighted by Gasteiger charge is -2.06. The highest BCUT2D eigenvalue weighted by molar-refractivity contribution is 14.1. The van der Waals surface area contributed by atoms with E-state index in [-0.39, 0.29) is 11.8 Å². The lowest BCUT2D eigenvalue weighted by molar-refractivity contribution is -0.122. The van der Waals surface area contributed by atoms with Crippen LogP contribution in [0.1, 0.15) is 12.0 Å². The van der Waals surface area contributed by atoms with E-state index in [1.165, 1.54) is 0 Å². The summed E-state index contributed by atoms with van der Waals surface area (Å²) in [7, 11) is 1.64. The topological polar surface area (TPSA) is 38.3 Å². The van der Waals surface area contributed by atoms with Crippen molar-refractivity contribution in [2.24, 2.45) is 5.92 Å². The van der Waals surface area contributed by atoms with Gasteiger partial charge in [-0.25, -0.2) is 0 Å². The van der Waals surface area contributed by atoms with Gasteiger partial charge in [-0.3, -0.25) is 4.79 Å². The molecule has 2 unspecified atom stereocenters. The Labute approximate surface area is 109 Å². The number of halogens is 1. The van der Waals surface area contributed by atoms with Gasteiger partial charge in [0.15, 0.2) is 0 Å². The molecule has 1 aromatic carbocycles. The van der Waals surface area contributed by atoms with Crippen molar-refractivity contribution in [3.8, 4) is 5.75 Å². The van der Waals surface area contributed by atoms with Crippen LogP contribution in [-0.2, 0) is 11.3 Å². The second-order valence-corrected chi connectivity index (χ2v) is 5.53. The third-order valence-corrected chi connectivity index (χ3v) is 4.03. The van der Waals surface area contributed by atoms with Crippen LogP contribution in [0, 0.1) is 5.92 Å². The highest BCUT2D eigenvalue weighted by Gasteiger charge is 2.40. The predicted molar refractivity (Wildman–Crippen MR) is 70.8 cm³/mol. The number of carbonyl (C=O) groups is 1. The summed E-state index contributed by atoms with van der Waals surface area (Å²) >= 11 is 2.32. The molecule has 2 rings (SSSR count). The Hall–Kier alpha value is -0.780. The Morgan fingerprint density at radius 1 is 1.62 bits per heavy atom. The van der Waals surface area contributed by atoms with Gasteiger partial charge in [0.1, 0.15) is 5.75 Å². The standard InChI is InChI=1S/C12H14INO2/c1-16-9-4-2-3-8(5-9)7-14-12(15)10-6-11(10)13/h2-5,10-11H,6-7H2,1H3,(H,14,15). The maximum atomic E-state index is 11.6. The fraction of sp³-hybridized carbons (Fsp3) is 0.417. The molecule has 0 heterocycles. The first-order valence-corrected chi connectivity index (χ1v) is 6.50. The molecule has 1 fully saturated rings. The van der Waals surface area contributed by atoms with Gasteiger partial charge in [-0.1, -0.05) is 34.7 Å². The van der Waals surface area contributed by atoms with Gasteiger partial charge in [-0.05, 0) is 24.1 Å². The summed E-state index contributed by atoms with van der Waals surface area (Å²) in [5.74, 6) is 1.22. The second-order valence-electron chi connectivity index (χ2n) is 3.93. The number of alkyl halides is 1. The van der Waals surface area contributed by atoms with E-state index in [0.29, 0.717) is 10.5 Å². The van der Waals surface area contributed by atoms with Crippen molar-refractivity contribution in [1.82, 2.24) is 5.32 Å². The van der Waals surface area contributed by atoms with Crippen molar-refractivity contribution in [2.45, 2.75) is 16.9 Å². The third-order valence-electron chi connectivity index (χ3n) is 2.65. The van der Waals surface area contributed by atoms with Crippen LogP contribution in [0.4, 0.5) is 0 Å². The zero-order valence-electron chi connectivity index (χ0n) is 9.07. The monoisotopic (exact) mass is 331 g/mol. The Morgan fingerprint density at radius 3 is 3.00 bits per heavy atom. The molecule has 1 aromatic rings. The zero-order valence-corrected chi connectivity index (χ0v) is 11.2. The molecule has 2 atom stereocenters. The summed E-state index contributed by atoms with van der Waals surface area (Å²) < 4.78 is 5.66. The van der Waals surface area contributed by atoms with Crippen molar-refractivity contribution in [1.29, 1.82) is 0 Å². The summed E-state index contributed by atoms with van der Waals surface area (Å²) in [6.07, 6.45) is 1.02. The van der Waals surface area contributed by atoms with Crippen LogP contribution in [0.3, 0.4) is 0 Å². The van der Waals surface area contributed by atoms with Crippen molar-refractivity contribution in [3.63, 3.8) is 0 Å². The van der Waals surface area contributed by atoms with Crippen molar-refractivity contribution in [3.05, 3.63) is 29.8 Å². The molecule has 1 aliphatic carbocycles. The smallest absolute Gasteiger partial charge is 0.224 e. The molecule has 3 nitrogen and oxygen atoms in total. The van der Waals surface area contributed by atoms with E-state index in [1.54, 1.807) is 7.11 Å². The van der Waals surface area contributed by atoms with Crippen LogP contribution in [0.5, 0.6) is 5.75 Å². The minimum Gasteiger partial charge on any atom is -0.497 e. The third kappa shape index (κ3) is 2.87. The fourth-order valence-electron chi connectivity index (χ4n) is 1.54. The molecule has 0 radical (unpaired) electrons. The number of hydrogen-bond donors (Lipinski definition) is 1. The SMILES string of the molecule is COc1cccc(CNC(=O)C2CC2I)c1. The first-order valence-electron chi connectivity index (χ1n) is 5.25. The largest absolute Gasteiger partial charge is 0.497 e. The predicted octanol–water partition coefficient (Wildman–Crippen LogP) is 2.13. The molecule has 0 bridgehead atoms. The molecule has 0 aromatic heterocycles. The van der Waals surface area contributed by atoms with Crippen molar-refractivity contribution >= 4 is 28.5 Å². The maximum absolute atomic E-state index is 11.6. The maximum Gasteiger partial charge on any atom is 0.224 e. The Balaban J connectivity index is 1.86. The minimum absolute atomic E-state index is 0.169.